The van der Waals surface area contributed by atoms with E-state index in [0.29, 0.717) is 55.2 Å². The van der Waals surface area contributed by atoms with E-state index < -0.39 is 11.4 Å². The number of ether oxygens (including phenoxy) is 2. The average Bonchev–Trinajstić information content (AvgIpc) is 3.51. The third-order valence-electron chi connectivity index (χ3n) is 6.46. The molecule has 0 unspecified atom stereocenters. The molecule has 0 atom stereocenters. The van der Waals surface area contributed by atoms with Crippen molar-refractivity contribution in [3.8, 4) is 17.1 Å². The fourth-order valence-corrected chi connectivity index (χ4v) is 4.69. The summed E-state index contributed by atoms with van der Waals surface area (Å²) in [5, 5.41) is 8.57. The number of aromatic nitrogens is 5. The van der Waals surface area contributed by atoms with Crippen LogP contribution in [0, 0.1) is 5.82 Å². The van der Waals surface area contributed by atoms with Gasteiger partial charge in [-0.1, -0.05) is 11.2 Å². The molecule has 5 rings (SSSR count). The molecule has 3 aromatic heterocycles. The number of fused-ring (bicyclic) bond motifs is 1. The van der Waals surface area contributed by atoms with Crippen LogP contribution >= 0.6 is 0 Å². The molecule has 4 aromatic rings. The van der Waals surface area contributed by atoms with Gasteiger partial charge in [-0.15, -0.1) is 0 Å². The highest BCUT2D eigenvalue weighted by Crippen LogP contribution is 2.30. The fraction of sp³-hybridized carbons (Fsp3) is 0.444. The lowest BCUT2D eigenvalue weighted by Gasteiger charge is -2.33. The van der Waals surface area contributed by atoms with Crippen molar-refractivity contribution < 1.29 is 23.2 Å². The number of nitrogens with zero attached hydrogens (tertiary/aromatic N) is 5. The summed E-state index contributed by atoms with van der Waals surface area (Å²) in [7, 11) is 0. The Morgan fingerprint density at radius 2 is 2.00 bits per heavy atom. The first-order chi connectivity index (χ1) is 18.6. The third kappa shape index (κ3) is 5.79. The van der Waals surface area contributed by atoms with Crippen LogP contribution in [0.2, 0.25) is 0 Å². The maximum atomic E-state index is 14.2. The highest BCUT2D eigenvalue weighted by molar-refractivity contribution is 5.72. The summed E-state index contributed by atoms with van der Waals surface area (Å²) in [6.07, 6.45) is 2.80. The quantitative estimate of drug-likeness (QED) is 0.385. The summed E-state index contributed by atoms with van der Waals surface area (Å²) >= 11 is 0. The van der Waals surface area contributed by atoms with Gasteiger partial charge >= 0.3 is 6.09 Å². The van der Waals surface area contributed by atoms with Crippen molar-refractivity contribution in [2.24, 2.45) is 0 Å². The van der Waals surface area contributed by atoms with Crippen LogP contribution in [0.5, 0.6) is 5.75 Å². The molecule has 1 saturated heterocycles. The smallest absolute Gasteiger partial charge is 0.410 e. The van der Waals surface area contributed by atoms with Crippen molar-refractivity contribution in [3.63, 3.8) is 0 Å². The van der Waals surface area contributed by atoms with E-state index in [1.165, 1.54) is 6.07 Å². The van der Waals surface area contributed by atoms with Gasteiger partial charge in [-0.3, -0.25) is 4.79 Å². The van der Waals surface area contributed by atoms with Crippen LogP contribution in [0.15, 0.2) is 39.8 Å². The van der Waals surface area contributed by atoms with Gasteiger partial charge in [0, 0.05) is 25.1 Å². The van der Waals surface area contributed by atoms with Gasteiger partial charge in [-0.05, 0) is 58.2 Å². The normalized spacial score (nSPS) is 14.6. The number of aromatic amines is 1. The van der Waals surface area contributed by atoms with E-state index in [9.17, 15) is 14.0 Å². The number of rotatable bonds is 6. The molecule has 0 spiro atoms. The number of hydrogen-bond acceptors (Lipinski definition) is 8. The van der Waals surface area contributed by atoms with Crippen LogP contribution < -0.4 is 10.3 Å². The Kier molecular flexibility index (Phi) is 7.11. The van der Waals surface area contributed by atoms with Crippen LogP contribution in [-0.2, 0) is 11.2 Å². The third-order valence-corrected chi connectivity index (χ3v) is 6.46. The summed E-state index contributed by atoms with van der Waals surface area (Å²) in [5.74, 6) is 0.310. The van der Waals surface area contributed by atoms with Crippen molar-refractivity contribution in [1.82, 2.24) is 29.6 Å². The Morgan fingerprint density at radius 3 is 2.69 bits per heavy atom. The summed E-state index contributed by atoms with van der Waals surface area (Å²) < 4.78 is 32.1. The number of carbonyl (C=O) groups excluding carboxylic acids is 1. The van der Waals surface area contributed by atoms with Crippen molar-refractivity contribution >= 4 is 11.7 Å². The molecule has 1 amide bonds. The summed E-state index contributed by atoms with van der Waals surface area (Å²) in [4.78, 5) is 34.0. The zero-order chi connectivity index (χ0) is 27.7. The van der Waals surface area contributed by atoms with Gasteiger partial charge in [0.05, 0.1) is 30.5 Å². The Balaban J connectivity index is 1.34. The van der Waals surface area contributed by atoms with E-state index in [4.69, 9.17) is 14.0 Å². The number of carbonyl (C=O) groups is 1. The first-order valence-electron chi connectivity index (χ1n) is 12.9. The zero-order valence-corrected chi connectivity index (χ0v) is 22.4. The standard InChI is InChI=1S/C27H31FN6O5/c1-5-37-21-7-6-16(12-19(21)28)13-23-31-24(32-39-23)18-15-29-34-20(14-22(35)30-25(18)34)17-8-10-33(11-9-17)26(36)38-27(2,3)4/h6-7,12,14-15,17H,5,8-11,13H2,1-4H3,(H,30,35). The predicted octanol–water partition coefficient (Wildman–Crippen LogP) is 4.32. The summed E-state index contributed by atoms with van der Waals surface area (Å²) in [5.41, 5.74) is 1.52. The maximum absolute atomic E-state index is 14.2. The van der Waals surface area contributed by atoms with Crippen molar-refractivity contribution in [3.05, 3.63) is 63.8 Å². The van der Waals surface area contributed by atoms with Crippen LogP contribution in [0.1, 0.15) is 63.6 Å². The molecule has 0 saturated carbocycles. The molecule has 1 aliphatic rings. The van der Waals surface area contributed by atoms with Crippen LogP contribution in [0.4, 0.5) is 9.18 Å². The Labute approximate surface area is 223 Å². The number of piperidine rings is 1. The molecule has 0 aliphatic carbocycles. The van der Waals surface area contributed by atoms with Gasteiger partial charge in [-0.2, -0.15) is 10.1 Å². The number of H-pyrrole nitrogens is 1. The first-order valence-corrected chi connectivity index (χ1v) is 12.9. The molecule has 1 N–H and O–H groups in total. The van der Waals surface area contributed by atoms with Gasteiger partial charge in [0.2, 0.25) is 11.7 Å². The molecule has 0 bridgehead atoms. The number of likely N-dealkylation sites (tertiary alicyclic amines) is 1. The van der Waals surface area contributed by atoms with Crippen LogP contribution in [0.3, 0.4) is 0 Å². The molecule has 1 aliphatic heterocycles. The van der Waals surface area contributed by atoms with E-state index in [2.05, 4.69) is 20.2 Å². The second-order valence-corrected chi connectivity index (χ2v) is 10.5. The van der Waals surface area contributed by atoms with Crippen molar-refractivity contribution in [2.45, 2.75) is 58.5 Å². The molecular weight excluding hydrogens is 507 g/mol. The Morgan fingerprint density at radius 1 is 1.23 bits per heavy atom. The molecular formula is C27H31FN6O5. The monoisotopic (exact) mass is 538 g/mol. The minimum Gasteiger partial charge on any atom is -0.491 e. The molecule has 0 radical (unpaired) electrons. The van der Waals surface area contributed by atoms with E-state index in [-0.39, 0.29) is 35.6 Å². The number of halogens is 1. The summed E-state index contributed by atoms with van der Waals surface area (Å²) in [6.45, 7) is 8.72. The molecule has 1 aromatic carbocycles. The highest BCUT2D eigenvalue weighted by Gasteiger charge is 2.29. The average molecular weight is 539 g/mol. The predicted molar refractivity (Wildman–Crippen MR) is 139 cm³/mol. The summed E-state index contributed by atoms with van der Waals surface area (Å²) in [6, 6.07) is 6.23. The van der Waals surface area contributed by atoms with Crippen molar-refractivity contribution in [2.75, 3.05) is 19.7 Å². The van der Waals surface area contributed by atoms with Crippen LogP contribution in [0.25, 0.3) is 17.0 Å². The van der Waals surface area contributed by atoms with Gasteiger partial charge in [0.25, 0.3) is 5.56 Å². The fourth-order valence-electron chi connectivity index (χ4n) is 4.69. The second kappa shape index (κ2) is 10.5. The number of nitrogens with one attached hydrogen (secondary N) is 1. The van der Waals surface area contributed by atoms with Gasteiger partial charge in [0.1, 0.15) is 11.2 Å². The molecule has 39 heavy (non-hydrogen) atoms. The van der Waals surface area contributed by atoms with Gasteiger partial charge in [-0.25, -0.2) is 13.7 Å². The highest BCUT2D eigenvalue weighted by atomic mass is 19.1. The van der Waals surface area contributed by atoms with E-state index >= 15 is 0 Å². The lowest BCUT2D eigenvalue weighted by Crippen LogP contribution is -2.41. The lowest BCUT2D eigenvalue weighted by molar-refractivity contribution is 0.0203. The largest absolute Gasteiger partial charge is 0.491 e. The second-order valence-electron chi connectivity index (χ2n) is 10.5. The minimum absolute atomic E-state index is 0.0246. The zero-order valence-electron chi connectivity index (χ0n) is 22.4. The molecule has 12 heteroatoms. The first kappa shape index (κ1) is 26.4. The molecule has 206 valence electrons. The SMILES string of the molecule is CCOc1ccc(Cc2nc(-c3cnn4c(C5CCN(C(=O)OC(C)(C)C)CC5)cc(=O)[nH]c34)no2)cc1F. The van der Waals surface area contributed by atoms with E-state index in [1.54, 1.807) is 40.7 Å². The van der Waals surface area contributed by atoms with E-state index in [1.807, 2.05) is 20.8 Å². The van der Waals surface area contributed by atoms with Gasteiger partial charge in [0.15, 0.2) is 11.6 Å². The number of hydrogen-bond donors (Lipinski definition) is 1. The number of amides is 1. The molecule has 11 nitrogen and oxygen atoms in total. The lowest BCUT2D eigenvalue weighted by atomic mass is 9.93. The Bertz CT molecular complexity index is 1540. The molecule has 4 heterocycles. The van der Waals surface area contributed by atoms with Gasteiger partial charge < -0.3 is 23.9 Å². The van der Waals surface area contributed by atoms with Crippen molar-refractivity contribution in [1.29, 1.82) is 0 Å². The maximum Gasteiger partial charge on any atom is 0.410 e. The minimum atomic E-state index is -0.558. The Hall–Kier alpha value is -4.22. The topological polar surface area (TPSA) is 128 Å². The van der Waals surface area contributed by atoms with E-state index in [0.717, 1.165) is 5.69 Å². The van der Waals surface area contributed by atoms with Crippen LogP contribution in [-0.4, -0.2) is 61.0 Å². The molecule has 1 fully saturated rings. The number of benzene rings is 1.